The van der Waals surface area contributed by atoms with E-state index >= 15 is 0 Å². The van der Waals surface area contributed by atoms with Crippen LogP contribution in [0, 0.1) is 11.8 Å². The first-order valence-corrected chi connectivity index (χ1v) is 8.62. The maximum Gasteiger partial charge on any atom is 0.389 e. The van der Waals surface area contributed by atoms with Crippen LogP contribution in [0.25, 0.3) is 0 Å². The lowest BCUT2D eigenvalue weighted by atomic mass is 9.80. The van der Waals surface area contributed by atoms with Crippen molar-refractivity contribution < 1.29 is 23.1 Å². The Bertz CT molecular complexity index is 575. The number of aliphatic hydroxyl groups is 1. The molecule has 1 aromatic rings. The van der Waals surface area contributed by atoms with Gasteiger partial charge in [0.1, 0.15) is 4.88 Å². The summed E-state index contributed by atoms with van der Waals surface area (Å²) in [6.07, 6.45) is -1.76. The summed E-state index contributed by atoms with van der Waals surface area (Å²) in [7, 11) is 0. The molecule has 1 aromatic heterocycles. The SMILES string of the molecule is O=C(c1cnc(CCC(F)(F)F)s1)N1C[C@H]2CC[C@@H](O)C[C@H]2C1. The van der Waals surface area contributed by atoms with Crippen LogP contribution < -0.4 is 0 Å². The van der Waals surface area contributed by atoms with Crippen LogP contribution >= 0.6 is 11.3 Å². The van der Waals surface area contributed by atoms with Gasteiger partial charge in [-0.2, -0.15) is 13.2 Å². The van der Waals surface area contributed by atoms with E-state index < -0.39 is 12.6 Å². The van der Waals surface area contributed by atoms with Crippen LogP contribution in [0.4, 0.5) is 13.2 Å². The van der Waals surface area contributed by atoms with E-state index in [0.29, 0.717) is 34.8 Å². The molecule has 128 valence electrons. The Morgan fingerprint density at radius 1 is 1.35 bits per heavy atom. The third kappa shape index (κ3) is 4.03. The van der Waals surface area contributed by atoms with Gasteiger partial charge in [0.15, 0.2) is 0 Å². The molecule has 1 amide bonds. The van der Waals surface area contributed by atoms with Gasteiger partial charge < -0.3 is 10.0 Å². The van der Waals surface area contributed by atoms with Crippen molar-refractivity contribution in [3.63, 3.8) is 0 Å². The molecule has 2 fully saturated rings. The number of aryl methyl sites for hydroxylation is 1. The number of nitrogens with zero attached hydrogens (tertiary/aromatic N) is 2. The van der Waals surface area contributed by atoms with Crippen LogP contribution in [0.2, 0.25) is 0 Å². The van der Waals surface area contributed by atoms with Crippen molar-refractivity contribution >= 4 is 17.2 Å². The molecule has 0 bridgehead atoms. The topological polar surface area (TPSA) is 53.4 Å². The van der Waals surface area contributed by atoms with Gasteiger partial charge in [0.25, 0.3) is 5.91 Å². The lowest BCUT2D eigenvalue weighted by Gasteiger charge is -2.27. The minimum absolute atomic E-state index is 0.148. The maximum atomic E-state index is 12.5. The Morgan fingerprint density at radius 2 is 2.09 bits per heavy atom. The van der Waals surface area contributed by atoms with E-state index in [9.17, 15) is 23.1 Å². The van der Waals surface area contributed by atoms with E-state index in [1.807, 2.05) is 0 Å². The van der Waals surface area contributed by atoms with Gasteiger partial charge in [-0.3, -0.25) is 4.79 Å². The molecule has 1 saturated heterocycles. The van der Waals surface area contributed by atoms with Crippen LogP contribution in [0.5, 0.6) is 0 Å². The van der Waals surface area contributed by atoms with E-state index in [4.69, 9.17) is 0 Å². The fourth-order valence-electron chi connectivity index (χ4n) is 3.50. The van der Waals surface area contributed by atoms with Crippen molar-refractivity contribution in [3.05, 3.63) is 16.1 Å². The number of aliphatic hydroxyl groups excluding tert-OH is 1. The lowest BCUT2D eigenvalue weighted by Crippen LogP contribution is -2.28. The molecular weight excluding hydrogens is 329 g/mol. The van der Waals surface area contributed by atoms with Crippen molar-refractivity contribution in [2.24, 2.45) is 11.8 Å². The summed E-state index contributed by atoms with van der Waals surface area (Å²) in [6, 6.07) is 0. The molecule has 8 heteroatoms. The minimum atomic E-state index is -4.21. The van der Waals surface area contributed by atoms with Crippen molar-refractivity contribution in [3.8, 4) is 0 Å². The quantitative estimate of drug-likeness (QED) is 0.914. The lowest BCUT2D eigenvalue weighted by molar-refractivity contribution is -0.134. The smallest absolute Gasteiger partial charge is 0.389 e. The second kappa shape index (κ2) is 6.39. The average molecular weight is 348 g/mol. The van der Waals surface area contributed by atoms with Gasteiger partial charge >= 0.3 is 6.18 Å². The Hall–Kier alpha value is -1.15. The number of thiazole rings is 1. The number of amides is 1. The molecule has 0 unspecified atom stereocenters. The summed E-state index contributed by atoms with van der Waals surface area (Å²) < 4.78 is 36.7. The second-order valence-electron chi connectivity index (χ2n) is 6.43. The Morgan fingerprint density at radius 3 is 2.83 bits per heavy atom. The fourth-order valence-corrected chi connectivity index (χ4v) is 4.39. The van der Waals surface area contributed by atoms with Gasteiger partial charge in [0.05, 0.1) is 17.3 Å². The van der Waals surface area contributed by atoms with Crippen molar-refractivity contribution in [1.29, 1.82) is 0 Å². The van der Waals surface area contributed by atoms with Crippen LogP contribution in [0.15, 0.2) is 6.20 Å². The molecule has 1 aliphatic carbocycles. The van der Waals surface area contributed by atoms with Crippen LogP contribution in [0.3, 0.4) is 0 Å². The number of aromatic nitrogens is 1. The number of alkyl halides is 3. The number of fused-ring (bicyclic) bond motifs is 1. The number of hydrogen-bond acceptors (Lipinski definition) is 4. The summed E-state index contributed by atoms with van der Waals surface area (Å²) in [6.45, 7) is 1.29. The van der Waals surface area contributed by atoms with Crippen LogP contribution in [-0.4, -0.2) is 46.3 Å². The third-order valence-electron chi connectivity index (χ3n) is 4.70. The fraction of sp³-hybridized carbons (Fsp3) is 0.733. The predicted octanol–water partition coefficient (Wildman–Crippen LogP) is 2.87. The van der Waals surface area contributed by atoms with E-state index in [2.05, 4.69) is 4.98 Å². The van der Waals surface area contributed by atoms with E-state index in [1.54, 1.807) is 4.90 Å². The largest absolute Gasteiger partial charge is 0.393 e. The van der Waals surface area contributed by atoms with E-state index in [0.717, 1.165) is 30.6 Å². The maximum absolute atomic E-state index is 12.5. The van der Waals surface area contributed by atoms with Crippen LogP contribution in [-0.2, 0) is 6.42 Å². The van der Waals surface area contributed by atoms with Crippen LogP contribution in [0.1, 0.15) is 40.4 Å². The highest BCUT2D eigenvalue weighted by Crippen LogP contribution is 2.37. The molecule has 1 N–H and O–H groups in total. The first kappa shape index (κ1) is 16.7. The van der Waals surface area contributed by atoms with Gasteiger partial charge in [0.2, 0.25) is 0 Å². The van der Waals surface area contributed by atoms with Gasteiger partial charge in [-0.15, -0.1) is 11.3 Å². The van der Waals surface area contributed by atoms with Gasteiger partial charge in [-0.05, 0) is 31.1 Å². The highest BCUT2D eigenvalue weighted by Gasteiger charge is 2.39. The molecule has 0 aromatic carbocycles. The van der Waals surface area contributed by atoms with Gasteiger partial charge in [-0.25, -0.2) is 4.98 Å². The first-order chi connectivity index (χ1) is 10.8. The monoisotopic (exact) mass is 348 g/mol. The molecule has 2 aliphatic rings. The van der Waals surface area contributed by atoms with E-state index in [-0.39, 0.29) is 18.4 Å². The predicted molar refractivity (Wildman–Crippen MR) is 79.2 cm³/mol. The molecule has 0 spiro atoms. The zero-order valence-electron chi connectivity index (χ0n) is 12.6. The summed E-state index contributed by atoms with van der Waals surface area (Å²) in [5, 5.41) is 10.1. The zero-order chi connectivity index (χ0) is 16.6. The Labute approximate surface area is 136 Å². The summed E-state index contributed by atoms with van der Waals surface area (Å²) in [4.78, 5) is 18.6. The minimum Gasteiger partial charge on any atom is -0.393 e. The summed E-state index contributed by atoms with van der Waals surface area (Å²) >= 11 is 1.05. The normalized spacial score (nSPS) is 28.0. The first-order valence-electron chi connectivity index (χ1n) is 7.80. The Balaban J connectivity index is 1.60. The van der Waals surface area contributed by atoms with Gasteiger partial charge in [-0.1, -0.05) is 0 Å². The molecule has 3 rings (SSSR count). The van der Waals surface area contributed by atoms with Gasteiger partial charge in [0, 0.05) is 25.9 Å². The summed E-state index contributed by atoms with van der Waals surface area (Å²) in [5.74, 6) is 0.616. The molecule has 2 heterocycles. The third-order valence-corrected chi connectivity index (χ3v) is 5.74. The van der Waals surface area contributed by atoms with Crippen molar-refractivity contribution in [2.45, 2.75) is 44.4 Å². The molecule has 4 nitrogen and oxygen atoms in total. The molecule has 3 atom stereocenters. The molecular formula is C15H19F3N2O2S. The number of carbonyl (C=O) groups is 1. The number of likely N-dealkylation sites (tertiary alicyclic amines) is 1. The highest BCUT2D eigenvalue weighted by atomic mass is 32.1. The van der Waals surface area contributed by atoms with Crippen molar-refractivity contribution in [2.75, 3.05) is 13.1 Å². The molecule has 1 aliphatic heterocycles. The number of rotatable bonds is 3. The Kier molecular flexibility index (Phi) is 4.64. The van der Waals surface area contributed by atoms with Crippen molar-refractivity contribution in [1.82, 2.24) is 9.88 Å². The average Bonchev–Trinajstić information content (AvgIpc) is 3.09. The summed E-state index contributed by atoms with van der Waals surface area (Å²) in [5.41, 5.74) is 0. The molecule has 1 saturated carbocycles. The standard InChI is InChI=1S/C15H19F3N2O2S/c16-15(17,18)4-3-13-19-6-12(23-13)14(22)20-7-9-1-2-11(21)5-10(9)8-20/h6,9-11,21H,1-5,7-8H2/t9-,10+,11-/m1/s1. The number of carbonyl (C=O) groups excluding carboxylic acids is 1. The molecule has 23 heavy (non-hydrogen) atoms. The number of halogens is 3. The molecule has 0 radical (unpaired) electrons. The zero-order valence-corrected chi connectivity index (χ0v) is 13.4. The highest BCUT2D eigenvalue weighted by molar-refractivity contribution is 7.13. The van der Waals surface area contributed by atoms with E-state index in [1.165, 1.54) is 6.20 Å². The second-order valence-corrected chi connectivity index (χ2v) is 7.55. The number of hydrogen-bond donors (Lipinski definition) is 1.